The molecule has 5 heteroatoms. The highest BCUT2D eigenvalue weighted by atomic mass is 15.3. The van der Waals surface area contributed by atoms with Crippen molar-refractivity contribution in [1.29, 1.82) is 0 Å². The summed E-state index contributed by atoms with van der Waals surface area (Å²) in [5, 5.41) is 4.83. The Balaban J connectivity index is 1.30. The van der Waals surface area contributed by atoms with E-state index in [4.69, 9.17) is 15.0 Å². The molecule has 42 heavy (non-hydrogen) atoms. The second kappa shape index (κ2) is 8.98. The van der Waals surface area contributed by atoms with Gasteiger partial charge < -0.3 is 4.90 Å². The second-order valence-corrected chi connectivity index (χ2v) is 10.9. The van der Waals surface area contributed by atoms with E-state index in [-0.39, 0.29) is 12.0 Å². The molecule has 5 aromatic carbocycles. The van der Waals surface area contributed by atoms with Crippen molar-refractivity contribution in [2.24, 2.45) is 0 Å². The molecule has 0 saturated carbocycles. The lowest BCUT2D eigenvalue weighted by molar-refractivity contribution is 0.680. The normalized spacial score (nSPS) is 17.3. The molecule has 0 fully saturated rings. The third kappa shape index (κ3) is 3.28. The Labute approximate surface area is 242 Å². The summed E-state index contributed by atoms with van der Waals surface area (Å²) in [6.45, 7) is 0. The molecule has 2 aromatic heterocycles. The van der Waals surface area contributed by atoms with Crippen LogP contribution in [-0.4, -0.2) is 25.6 Å². The lowest BCUT2D eigenvalue weighted by Gasteiger charge is -2.34. The molecule has 0 N–H and O–H groups in total. The summed E-state index contributed by atoms with van der Waals surface area (Å²) in [5.74, 6) is 1.38. The van der Waals surface area contributed by atoms with Crippen molar-refractivity contribution in [2.75, 3.05) is 4.90 Å². The average Bonchev–Trinajstić information content (AvgIpc) is 3.34. The Morgan fingerprint density at radius 2 is 1.31 bits per heavy atom. The smallest absolute Gasteiger partial charge is 0.239 e. The van der Waals surface area contributed by atoms with Crippen molar-refractivity contribution in [3.63, 3.8) is 0 Å². The molecule has 2 unspecified atom stereocenters. The number of para-hydroxylation sites is 2. The molecule has 0 bridgehead atoms. The number of benzene rings is 5. The van der Waals surface area contributed by atoms with Crippen LogP contribution in [0.15, 0.2) is 140 Å². The van der Waals surface area contributed by atoms with Gasteiger partial charge in [-0.3, -0.25) is 4.57 Å². The van der Waals surface area contributed by atoms with Crippen molar-refractivity contribution in [3.8, 4) is 17.1 Å². The summed E-state index contributed by atoms with van der Waals surface area (Å²) < 4.78 is 2.18. The number of nitrogens with zero attached hydrogens (tertiary/aromatic N) is 5. The van der Waals surface area contributed by atoms with Gasteiger partial charge in [-0.15, -0.1) is 0 Å². The number of hydrogen-bond acceptors (Lipinski definition) is 4. The van der Waals surface area contributed by atoms with E-state index >= 15 is 0 Å². The van der Waals surface area contributed by atoms with Crippen molar-refractivity contribution < 1.29 is 0 Å². The Kier molecular flexibility index (Phi) is 4.96. The van der Waals surface area contributed by atoms with Gasteiger partial charge in [0, 0.05) is 22.3 Å². The van der Waals surface area contributed by atoms with Crippen LogP contribution in [-0.2, 0) is 0 Å². The van der Waals surface area contributed by atoms with Crippen LogP contribution >= 0.6 is 0 Å². The molecule has 0 amide bonds. The van der Waals surface area contributed by atoms with Crippen LogP contribution in [0.3, 0.4) is 0 Å². The molecule has 0 radical (unpaired) electrons. The van der Waals surface area contributed by atoms with Crippen LogP contribution in [0.5, 0.6) is 0 Å². The van der Waals surface area contributed by atoms with E-state index in [0.717, 1.165) is 16.7 Å². The molecule has 0 spiro atoms. The zero-order valence-corrected chi connectivity index (χ0v) is 22.7. The van der Waals surface area contributed by atoms with Gasteiger partial charge in [-0.1, -0.05) is 115 Å². The van der Waals surface area contributed by atoms with Crippen molar-refractivity contribution in [1.82, 2.24) is 19.5 Å². The molecule has 7 aromatic rings. The summed E-state index contributed by atoms with van der Waals surface area (Å²) >= 11 is 0. The molecule has 198 valence electrons. The van der Waals surface area contributed by atoms with E-state index in [1.165, 1.54) is 38.2 Å². The van der Waals surface area contributed by atoms with Crippen molar-refractivity contribution >= 4 is 44.2 Å². The first kappa shape index (κ1) is 23.2. The fourth-order valence-corrected chi connectivity index (χ4v) is 6.93. The lowest BCUT2D eigenvalue weighted by Crippen LogP contribution is -2.35. The molecule has 2 atom stereocenters. The van der Waals surface area contributed by atoms with Crippen molar-refractivity contribution in [2.45, 2.75) is 12.0 Å². The van der Waals surface area contributed by atoms with Crippen LogP contribution in [0.25, 0.3) is 49.7 Å². The Morgan fingerprint density at radius 3 is 2.26 bits per heavy atom. The van der Waals surface area contributed by atoms with Gasteiger partial charge in [0.05, 0.1) is 22.8 Å². The van der Waals surface area contributed by atoms with E-state index in [0.29, 0.717) is 11.9 Å². The van der Waals surface area contributed by atoms with E-state index in [9.17, 15) is 0 Å². The summed E-state index contributed by atoms with van der Waals surface area (Å²) in [6, 6.07) is 38.8. The number of fused-ring (bicyclic) bond motifs is 10. The van der Waals surface area contributed by atoms with Gasteiger partial charge in [-0.2, -0.15) is 4.98 Å². The molecule has 1 aliphatic carbocycles. The first-order chi connectivity index (χ1) is 20.9. The van der Waals surface area contributed by atoms with E-state index in [2.05, 4.69) is 143 Å². The predicted octanol–water partition coefficient (Wildman–Crippen LogP) is 8.52. The number of aromatic nitrogens is 4. The van der Waals surface area contributed by atoms with Crippen LogP contribution in [0.2, 0.25) is 0 Å². The monoisotopic (exact) mass is 539 g/mol. The molecule has 3 heterocycles. The van der Waals surface area contributed by atoms with E-state index < -0.39 is 0 Å². The van der Waals surface area contributed by atoms with E-state index in [1.807, 2.05) is 0 Å². The van der Waals surface area contributed by atoms with Gasteiger partial charge in [-0.25, -0.2) is 9.97 Å². The van der Waals surface area contributed by atoms with Crippen LogP contribution in [0, 0.1) is 0 Å². The first-order valence-electron chi connectivity index (χ1n) is 14.3. The highest BCUT2D eigenvalue weighted by Crippen LogP contribution is 2.47. The average molecular weight is 540 g/mol. The maximum atomic E-state index is 5.22. The van der Waals surface area contributed by atoms with Gasteiger partial charge in [0.25, 0.3) is 0 Å². The van der Waals surface area contributed by atoms with Crippen LogP contribution < -0.4 is 4.90 Å². The molecule has 9 rings (SSSR count). The maximum absolute atomic E-state index is 5.22. The maximum Gasteiger partial charge on any atom is 0.239 e. The fraction of sp³-hybridized carbons (Fsp3) is 0.0541. The summed E-state index contributed by atoms with van der Waals surface area (Å²) in [4.78, 5) is 17.1. The lowest BCUT2D eigenvalue weighted by atomic mass is 9.85. The molecular weight excluding hydrogens is 514 g/mol. The number of allylic oxidation sites excluding steroid dienone is 2. The zero-order valence-electron chi connectivity index (χ0n) is 22.7. The fourth-order valence-electron chi connectivity index (χ4n) is 6.93. The van der Waals surface area contributed by atoms with Gasteiger partial charge in [0.1, 0.15) is 6.33 Å². The quantitative estimate of drug-likeness (QED) is 0.221. The largest absolute Gasteiger partial charge is 0.302 e. The SMILES string of the molecule is C1=CC2c3ccccc3-c3ccccc3N(c3ncnc(-n4c5ccccc5c5c6ccccc6ccc54)n3)C2C=C1. The Hall–Kier alpha value is -5.55. The Bertz CT molecular complexity index is 2240. The summed E-state index contributed by atoms with van der Waals surface area (Å²) in [5.41, 5.74) is 6.96. The number of hydrogen-bond donors (Lipinski definition) is 0. The van der Waals surface area contributed by atoms with Gasteiger partial charge in [0.2, 0.25) is 11.9 Å². The van der Waals surface area contributed by atoms with Gasteiger partial charge >= 0.3 is 0 Å². The molecule has 5 nitrogen and oxygen atoms in total. The minimum atomic E-state index is 0.0112. The third-order valence-corrected chi connectivity index (χ3v) is 8.70. The molecule has 1 aliphatic heterocycles. The second-order valence-electron chi connectivity index (χ2n) is 10.9. The van der Waals surface area contributed by atoms with Crippen LogP contribution in [0.1, 0.15) is 11.5 Å². The topological polar surface area (TPSA) is 46.8 Å². The van der Waals surface area contributed by atoms with Crippen molar-refractivity contribution in [3.05, 3.63) is 145 Å². The number of anilines is 2. The Morgan fingerprint density at radius 1 is 0.571 bits per heavy atom. The number of rotatable bonds is 2. The third-order valence-electron chi connectivity index (χ3n) is 8.70. The van der Waals surface area contributed by atoms with Gasteiger partial charge in [0.15, 0.2) is 0 Å². The molecule has 2 aliphatic rings. The zero-order chi connectivity index (χ0) is 27.6. The molecule has 0 saturated heterocycles. The van der Waals surface area contributed by atoms with Gasteiger partial charge in [-0.05, 0) is 40.1 Å². The van der Waals surface area contributed by atoms with Crippen LogP contribution in [0.4, 0.5) is 11.6 Å². The first-order valence-corrected chi connectivity index (χ1v) is 14.3. The van der Waals surface area contributed by atoms with E-state index in [1.54, 1.807) is 6.33 Å². The minimum absolute atomic E-state index is 0.0112. The highest BCUT2D eigenvalue weighted by Gasteiger charge is 2.35. The molecular formula is C37H25N5. The standard InChI is InChI=1S/C37H25N5/c1-2-12-25-24(11-1)21-22-34-35(25)30-17-7-10-20-33(30)42(34)37-39-23-38-36(40-37)41-31-18-8-5-15-28(31)26-13-3-4-14-27(26)29-16-6-9-19-32(29)41/h1-23,28,31H. The highest BCUT2D eigenvalue weighted by molar-refractivity contribution is 6.21. The summed E-state index contributed by atoms with van der Waals surface area (Å²) in [6.07, 6.45) is 10.5. The summed E-state index contributed by atoms with van der Waals surface area (Å²) in [7, 11) is 0. The predicted molar refractivity (Wildman–Crippen MR) is 170 cm³/mol. The minimum Gasteiger partial charge on any atom is -0.302 e.